The van der Waals surface area contributed by atoms with E-state index in [2.05, 4.69) is 0 Å². The third-order valence-electron chi connectivity index (χ3n) is 0.200. The average molecular weight is 109 g/mol. The second kappa shape index (κ2) is 5.89. The quantitative estimate of drug-likeness (QED) is 0.195. The largest absolute Gasteiger partial charge is 0.287 e. The number of nitrogens with zero attached hydrogens (tertiary/aromatic N) is 2. The summed E-state index contributed by atoms with van der Waals surface area (Å²) in [5, 5.41) is 16.7. The standard InChI is InChI=1S/C2H2N2O2.Na/c3-1-2-4(5)6;/h2H2;. The van der Waals surface area contributed by atoms with Crippen molar-refractivity contribution in [2.75, 3.05) is 6.54 Å². The van der Waals surface area contributed by atoms with Crippen LogP contribution in [0.2, 0.25) is 0 Å². The first-order valence-electron chi connectivity index (χ1n) is 1.26. The van der Waals surface area contributed by atoms with Gasteiger partial charge in [-0.05, 0) is 0 Å². The van der Waals surface area contributed by atoms with Crippen LogP contribution in [-0.2, 0) is 0 Å². The molecule has 0 aromatic heterocycles. The van der Waals surface area contributed by atoms with Crippen molar-refractivity contribution in [1.82, 2.24) is 0 Å². The van der Waals surface area contributed by atoms with Crippen molar-refractivity contribution < 1.29 is 4.92 Å². The molecule has 0 aliphatic carbocycles. The molecular formula is C2H2N2NaO2. The maximum absolute atomic E-state index is 9.18. The van der Waals surface area contributed by atoms with E-state index in [-0.39, 0.29) is 29.6 Å². The summed E-state index contributed by atoms with van der Waals surface area (Å²) in [5.41, 5.74) is 0. The summed E-state index contributed by atoms with van der Waals surface area (Å²) >= 11 is 0. The van der Waals surface area contributed by atoms with Gasteiger partial charge in [-0.3, -0.25) is 10.1 Å². The Labute approximate surface area is 62.6 Å². The zero-order valence-electron chi connectivity index (χ0n) is 3.92. The van der Waals surface area contributed by atoms with Gasteiger partial charge in [-0.1, -0.05) is 0 Å². The minimum Gasteiger partial charge on any atom is -0.263 e. The monoisotopic (exact) mass is 109 g/mol. The van der Waals surface area contributed by atoms with Crippen molar-refractivity contribution in [3.05, 3.63) is 10.1 Å². The van der Waals surface area contributed by atoms with E-state index in [1.54, 1.807) is 0 Å². The van der Waals surface area contributed by atoms with Crippen LogP contribution in [-0.4, -0.2) is 41.0 Å². The fourth-order valence-corrected chi connectivity index (χ4v) is 0.0577. The molecule has 4 nitrogen and oxygen atoms in total. The van der Waals surface area contributed by atoms with Crippen LogP contribution < -0.4 is 0 Å². The van der Waals surface area contributed by atoms with Crippen LogP contribution >= 0.6 is 0 Å². The Morgan fingerprint density at radius 1 is 1.86 bits per heavy atom. The molecule has 0 amide bonds. The van der Waals surface area contributed by atoms with E-state index >= 15 is 0 Å². The molecule has 0 N–H and O–H groups in total. The van der Waals surface area contributed by atoms with E-state index in [1.807, 2.05) is 0 Å². The van der Waals surface area contributed by atoms with Gasteiger partial charge >= 0.3 is 0 Å². The molecule has 0 heterocycles. The van der Waals surface area contributed by atoms with Crippen LogP contribution in [0.1, 0.15) is 0 Å². The van der Waals surface area contributed by atoms with Gasteiger partial charge in [0.1, 0.15) is 6.07 Å². The van der Waals surface area contributed by atoms with Crippen molar-refractivity contribution in [3.8, 4) is 6.07 Å². The first-order chi connectivity index (χ1) is 2.77. The molecule has 0 aromatic rings. The number of hydrogen-bond acceptors (Lipinski definition) is 3. The molecule has 0 aliphatic heterocycles. The van der Waals surface area contributed by atoms with Crippen LogP contribution in [0.4, 0.5) is 0 Å². The first kappa shape index (κ1) is 10.00. The molecule has 5 heteroatoms. The maximum Gasteiger partial charge on any atom is 0.287 e. The zero-order valence-corrected chi connectivity index (χ0v) is 5.92. The SMILES string of the molecule is N#CC[N+](=O)[O-].[Na]. The molecule has 0 rings (SSSR count). The third-order valence-corrected chi connectivity index (χ3v) is 0.200. The van der Waals surface area contributed by atoms with Gasteiger partial charge in [0.2, 0.25) is 0 Å². The predicted octanol–water partition coefficient (Wildman–Crippen LogP) is -0.594. The first-order valence-corrected chi connectivity index (χ1v) is 1.26. The molecule has 0 atom stereocenters. The van der Waals surface area contributed by atoms with Crippen LogP contribution in [0.15, 0.2) is 0 Å². The minimum atomic E-state index is -0.681. The predicted molar refractivity (Wildman–Crippen MR) is 23.2 cm³/mol. The average Bonchev–Trinajstić information content (AvgIpc) is 1.35. The van der Waals surface area contributed by atoms with Gasteiger partial charge in [0, 0.05) is 34.5 Å². The zero-order chi connectivity index (χ0) is 4.99. The smallest absolute Gasteiger partial charge is 0.263 e. The summed E-state index contributed by atoms with van der Waals surface area (Å²) < 4.78 is 0. The van der Waals surface area contributed by atoms with E-state index in [0.717, 1.165) is 0 Å². The second-order valence-corrected chi connectivity index (χ2v) is 0.649. The Hall–Kier alpha value is -0.110. The molecule has 0 aromatic carbocycles. The van der Waals surface area contributed by atoms with Crippen LogP contribution in [0.25, 0.3) is 0 Å². The van der Waals surface area contributed by atoms with Gasteiger partial charge in [-0.2, -0.15) is 5.26 Å². The Morgan fingerprint density at radius 2 is 2.29 bits per heavy atom. The molecule has 0 bridgehead atoms. The molecule has 0 fully saturated rings. The van der Waals surface area contributed by atoms with Crippen molar-refractivity contribution >= 4 is 29.6 Å². The van der Waals surface area contributed by atoms with Gasteiger partial charge in [-0.15, -0.1) is 0 Å². The fraction of sp³-hybridized carbons (Fsp3) is 0.500. The molecule has 0 saturated carbocycles. The summed E-state index contributed by atoms with van der Waals surface area (Å²) in [6.07, 6.45) is 0. The summed E-state index contributed by atoms with van der Waals surface area (Å²) in [7, 11) is 0. The Morgan fingerprint density at radius 3 is 2.29 bits per heavy atom. The second-order valence-electron chi connectivity index (χ2n) is 0.649. The molecule has 0 aliphatic rings. The van der Waals surface area contributed by atoms with Crippen LogP contribution in [0, 0.1) is 21.4 Å². The third kappa shape index (κ3) is 10.7. The van der Waals surface area contributed by atoms with E-state index in [4.69, 9.17) is 5.26 Å². The van der Waals surface area contributed by atoms with E-state index in [1.165, 1.54) is 6.07 Å². The fourth-order valence-electron chi connectivity index (χ4n) is 0.0577. The van der Waals surface area contributed by atoms with Crippen LogP contribution in [0.5, 0.6) is 0 Å². The molecule has 0 saturated heterocycles. The number of rotatable bonds is 1. The molecule has 1 radical (unpaired) electrons. The molecule has 0 unspecified atom stereocenters. The summed E-state index contributed by atoms with van der Waals surface area (Å²) in [4.78, 5) is 8.50. The molecule has 7 heavy (non-hydrogen) atoms. The number of hydrogen-bond donors (Lipinski definition) is 0. The van der Waals surface area contributed by atoms with Gasteiger partial charge in [0.05, 0.1) is 0 Å². The Bertz CT molecular complexity index is 96.4. The molecule has 33 valence electrons. The Balaban J connectivity index is 0. The van der Waals surface area contributed by atoms with Crippen molar-refractivity contribution in [1.29, 1.82) is 5.26 Å². The van der Waals surface area contributed by atoms with Crippen molar-refractivity contribution in [2.24, 2.45) is 0 Å². The van der Waals surface area contributed by atoms with Crippen LogP contribution in [0.3, 0.4) is 0 Å². The van der Waals surface area contributed by atoms with E-state index in [0.29, 0.717) is 0 Å². The maximum atomic E-state index is 9.18. The Kier molecular flexibility index (Phi) is 8.41. The van der Waals surface area contributed by atoms with Gasteiger partial charge in [0.25, 0.3) is 6.54 Å². The number of nitro groups is 1. The van der Waals surface area contributed by atoms with Gasteiger partial charge < -0.3 is 0 Å². The summed E-state index contributed by atoms with van der Waals surface area (Å²) in [5.74, 6) is 0. The normalized spacial score (nSPS) is 5.57. The van der Waals surface area contributed by atoms with Gasteiger partial charge in [0.15, 0.2) is 0 Å². The molecule has 0 spiro atoms. The van der Waals surface area contributed by atoms with Crippen molar-refractivity contribution in [2.45, 2.75) is 0 Å². The summed E-state index contributed by atoms with van der Waals surface area (Å²) in [6, 6.07) is 1.37. The van der Waals surface area contributed by atoms with E-state index < -0.39 is 11.5 Å². The molecular weight excluding hydrogens is 107 g/mol. The number of nitriles is 1. The van der Waals surface area contributed by atoms with Crippen molar-refractivity contribution in [3.63, 3.8) is 0 Å². The van der Waals surface area contributed by atoms with Gasteiger partial charge in [-0.25, -0.2) is 0 Å². The van der Waals surface area contributed by atoms with E-state index in [9.17, 15) is 10.1 Å². The minimum absolute atomic E-state index is 0. The topological polar surface area (TPSA) is 66.9 Å². The summed E-state index contributed by atoms with van der Waals surface area (Å²) in [6.45, 7) is -0.597.